The summed E-state index contributed by atoms with van der Waals surface area (Å²) in [6.07, 6.45) is 1.35. The molecule has 0 aliphatic carbocycles. The lowest BCUT2D eigenvalue weighted by molar-refractivity contribution is -0.126. The van der Waals surface area contributed by atoms with E-state index in [-0.39, 0.29) is 28.7 Å². The molecule has 0 radical (unpaired) electrons. The van der Waals surface area contributed by atoms with Crippen LogP contribution in [0.1, 0.15) is 39.2 Å². The van der Waals surface area contributed by atoms with Gasteiger partial charge in [-0.3, -0.25) is 4.79 Å². The molecule has 7 heteroatoms. The highest BCUT2D eigenvalue weighted by Crippen LogP contribution is 2.25. The number of nitrogens with one attached hydrogen (secondary N) is 1. The standard InChI is InChI=1S/C24H32N2O4S/c1-24(2,3)20-11-13-21(14-12-20)30-17-15-25-23(27)19-8-7-16-26(18-19)31(28,29)22-9-5-4-6-10-22/h4-6,9-14,19H,7-8,15-18H2,1-3H3,(H,25,27)/t19-/m0/s1. The van der Waals surface area contributed by atoms with E-state index in [1.807, 2.05) is 12.1 Å². The van der Waals surface area contributed by atoms with Crippen LogP contribution in [-0.4, -0.2) is 44.9 Å². The number of nitrogens with zero attached hydrogens (tertiary/aromatic N) is 1. The van der Waals surface area contributed by atoms with Gasteiger partial charge in [-0.1, -0.05) is 51.1 Å². The molecule has 2 aromatic rings. The van der Waals surface area contributed by atoms with E-state index in [4.69, 9.17) is 4.74 Å². The lowest BCUT2D eigenvalue weighted by atomic mass is 9.87. The largest absolute Gasteiger partial charge is 0.492 e. The first-order chi connectivity index (χ1) is 14.7. The Bertz CT molecular complexity index is 967. The zero-order chi connectivity index (χ0) is 22.5. The van der Waals surface area contributed by atoms with Crippen molar-refractivity contribution in [3.8, 4) is 5.75 Å². The van der Waals surface area contributed by atoms with Crippen LogP contribution in [0.5, 0.6) is 5.75 Å². The molecule has 3 rings (SSSR count). The smallest absolute Gasteiger partial charge is 0.243 e. The van der Waals surface area contributed by atoms with E-state index in [9.17, 15) is 13.2 Å². The molecule has 0 bridgehead atoms. The van der Waals surface area contributed by atoms with Crippen molar-refractivity contribution in [3.05, 3.63) is 60.2 Å². The molecule has 0 unspecified atom stereocenters. The minimum absolute atomic E-state index is 0.0916. The molecule has 1 heterocycles. The second-order valence-electron chi connectivity index (χ2n) is 8.93. The minimum atomic E-state index is -3.58. The van der Waals surface area contributed by atoms with Gasteiger partial charge in [-0.05, 0) is 48.1 Å². The van der Waals surface area contributed by atoms with E-state index < -0.39 is 10.0 Å². The van der Waals surface area contributed by atoms with Gasteiger partial charge in [0.15, 0.2) is 0 Å². The molecule has 1 aliphatic heterocycles. The fourth-order valence-corrected chi connectivity index (χ4v) is 5.20. The summed E-state index contributed by atoms with van der Waals surface area (Å²) in [5, 5.41) is 2.88. The highest BCUT2D eigenvalue weighted by molar-refractivity contribution is 7.89. The molecule has 6 nitrogen and oxygen atoms in total. The highest BCUT2D eigenvalue weighted by Gasteiger charge is 2.33. The lowest BCUT2D eigenvalue weighted by Gasteiger charge is -2.31. The van der Waals surface area contributed by atoms with Crippen molar-refractivity contribution in [2.45, 2.75) is 43.9 Å². The topological polar surface area (TPSA) is 75.7 Å². The molecule has 0 saturated carbocycles. The Morgan fingerprint density at radius 3 is 2.42 bits per heavy atom. The van der Waals surface area contributed by atoms with Crippen LogP contribution in [0, 0.1) is 5.92 Å². The number of rotatable bonds is 7. The van der Waals surface area contributed by atoms with E-state index in [1.54, 1.807) is 30.3 Å². The quantitative estimate of drug-likeness (QED) is 0.663. The molecule has 1 N–H and O–H groups in total. The fraction of sp³-hybridized carbons (Fsp3) is 0.458. The van der Waals surface area contributed by atoms with Gasteiger partial charge in [0.1, 0.15) is 12.4 Å². The Labute approximate surface area is 185 Å². The minimum Gasteiger partial charge on any atom is -0.492 e. The van der Waals surface area contributed by atoms with Crippen molar-refractivity contribution in [2.24, 2.45) is 5.92 Å². The molecule has 0 spiro atoms. The monoisotopic (exact) mass is 444 g/mol. The molecule has 1 amide bonds. The molecule has 1 fully saturated rings. The van der Waals surface area contributed by atoms with Crippen molar-refractivity contribution < 1.29 is 17.9 Å². The van der Waals surface area contributed by atoms with E-state index in [2.05, 4.69) is 38.2 Å². The van der Waals surface area contributed by atoms with Gasteiger partial charge in [-0.15, -0.1) is 0 Å². The zero-order valence-corrected chi connectivity index (χ0v) is 19.3. The van der Waals surface area contributed by atoms with E-state index in [0.29, 0.717) is 32.5 Å². The van der Waals surface area contributed by atoms with Crippen LogP contribution in [0.25, 0.3) is 0 Å². The van der Waals surface area contributed by atoms with Crippen LogP contribution in [0.4, 0.5) is 0 Å². The van der Waals surface area contributed by atoms with Crippen LogP contribution >= 0.6 is 0 Å². The van der Waals surface area contributed by atoms with E-state index in [0.717, 1.165) is 5.75 Å². The number of hydrogen-bond donors (Lipinski definition) is 1. The Kier molecular flexibility index (Phi) is 7.38. The summed E-state index contributed by atoms with van der Waals surface area (Å²) in [6.45, 7) is 7.87. The van der Waals surface area contributed by atoms with Gasteiger partial charge in [0.2, 0.25) is 15.9 Å². The van der Waals surface area contributed by atoms with Crippen molar-refractivity contribution >= 4 is 15.9 Å². The number of carbonyl (C=O) groups excluding carboxylic acids is 1. The van der Waals surface area contributed by atoms with Crippen LogP contribution in [-0.2, 0) is 20.2 Å². The van der Waals surface area contributed by atoms with Gasteiger partial charge >= 0.3 is 0 Å². The summed E-state index contributed by atoms with van der Waals surface area (Å²) in [5.74, 6) is 0.290. The predicted molar refractivity (Wildman–Crippen MR) is 122 cm³/mol. The van der Waals surface area contributed by atoms with Crippen LogP contribution in [0.2, 0.25) is 0 Å². The number of hydrogen-bond acceptors (Lipinski definition) is 4. The molecule has 1 aliphatic rings. The summed E-state index contributed by atoms with van der Waals surface area (Å²) in [5.41, 5.74) is 1.33. The number of benzene rings is 2. The third kappa shape index (κ3) is 6.08. The summed E-state index contributed by atoms with van der Waals surface area (Å²) in [6, 6.07) is 16.4. The van der Waals surface area contributed by atoms with Gasteiger partial charge in [0.25, 0.3) is 0 Å². The molecule has 1 atom stereocenters. The second-order valence-corrected chi connectivity index (χ2v) is 10.9. The maximum atomic E-state index is 12.8. The lowest BCUT2D eigenvalue weighted by Crippen LogP contribution is -2.45. The summed E-state index contributed by atoms with van der Waals surface area (Å²) in [4.78, 5) is 12.9. The maximum Gasteiger partial charge on any atom is 0.243 e. The average Bonchev–Trinajstić information content (AvgIpc) is 2.77. The maximum absolute atomic E-state index is 12.8. The Morgan fingerprint density at radius 1 is 1.10 bits per heavy atom. The van der Waals surface area contributed by atoms with Crippen molar-refractivity contribution in [1.82, 2.24) is 9.62 Å². The Balaban J connectivity index is 1.47. The van der Waals surface area contributed by atoms with Crippen molar-refractivity contribution in [3.63, 3.8) is 0 Å². The summed E-state index contributed by atoms with van der Waals surface area (Å²) >= 11 is 0. The Hall–Kier alpha value is -2.38. The Morgan fingerprint density at radius 2 is 1.77 bits per heavy atom. The number of carbonyl (C=O) groups is 1. The van der Waals surface area contributed by atoms with E-state index in [1.165, 1.54) is 9.87 Å². The van der Waals surface area contributed by atoms with Crippen molar-refractivity contribution in [2.75, 3.05) is 26.2 Å². The van der Waals surface area contributed by atoms with Gasteiger partial charge in [0.05, 0.1) is 17.4 Å². The third-order valence-electron chi connectivity index (χ3n) is 5.53. The van der Waals surface area contributed by atoms with Gasteiger partial charge in [-0.2, -0.15) is 4.31 Å². The molecular weight excluding hydrogens is 412 g/mol. The van der Waals surface area contributed by atoms with Crippen LogP contribution in [0.3, 0.4) is 0 Å². The zero-order valence-electron chi connectivity index (χ0n) is 18.5. The van der Waals surface area contributed by atoms with Crippen LogP contribution in [0.15, 0.2) is 59.5 Å². The molecule has 2 aromatic carbocycles. The van der Waals surface area contributed by atoms with Crippen molar-refractivity contribution in [1.29, 1.82) is 0 Å². The van der Waals surface area contributed by atoms with Gasteiger partial charge in [-0.25, -0.2) is 8.42 Å². The van der Waals surface area contributed by atoms with Gasteiger partial charge in [0, 0.05) is 13.1 Å². The number of piperidine rings is 1. The first-order valence-corrected chi connectivity index (χ1v) is 12.2. The summed E-state index contributed by atoms with van der Waals surface area (Å²) in [7, 11) is -3.58. The number of sulfonamides is 1. The summed E-state index contributed by atoms with van der Waals surface area (Å²) < 4.78 is 32.8. The molecule has 1 saturated heterocycles. The number of amides is 1. The van der Waals surface area contributed by atoms with Crippen LogP contribution < -0.4 is 10.1 Å². The molecule has 168 valence electrons. The first-order valence-electron chi connectivity index (χ1n) is 10.7. The SMILES string of the molecule is CC(C)(C)c1ccc(OCCNC(=O)[C@H]2CCCN(S(=O)(=O)c3ccccc3)C2)cc1. The molecule has 31 heavy (non-hydrogen) atoms. The van der Waals surface area contributed by atoms with Gasteiger partial charge < -0.3 is 10.1 Å². The molecule has 0 aromatic heterocycles. The predicted octanol–water partition coefficient (Wildman–Crippen LogP) is 3.58. The molecular formula is C24H32N2O4S. The first kappa shape index (κ1) is 23.3. The average molecular weight is 445 g/mol. The third-order valence-corrected chi connectivity index (χ3v) is 7.41. The second kappa shape index (κ2) is 9.83. The normalized spacial score (nSPS) is 17.8. The fourth-order valence-electron chi connectivity index (χ4n) is 3.65. The highest BCUT2D eigenvalue weighted by atomic mass is 32.2. The number of ether oxygens (including phenoxy) is 1. The van der Waals surface area contributed by atoms with E-state index >= 15 is 0 Å².